The average Bonchev–Trinajstić information content (AvgIpc) is 2.36. The summed E-state index contributed by atoms with van der Waals surface area (Å²) in [6.45, 7) is 6.60. The minimum atomic E-state index is 0.0746. The number of hydrogen-bond acceptors (Lipinski definition) is 3. The van der Waals surface area contributed by atoms with Crippen LogP contribution in [0.3, 0.4) is 0 Å². The molecule has 0 spiro atoms. The Hall–Kier alpha value is -0.220. The molecule has 0 aromatic rings. The molecule has 0 heterocycles. The topological polar surface area (TPSA) is 49.3 Å². The molecule has 1 fully saturated rings. The molecule has 18 heavy (non-hydrogen) atoms. The van der Waals surface area contributed by atoms with E-state index in [9.17, 15) is 4.79 Å². The summed E-state index contributed by atoms with van der Waals surface area (Å²) >= 11 is 1.73. The molecule has 1 unspecified atom stereocenters. The predicted octanol–water partition coefficient (Wildman–Crippen LogP) is 2.43. The summed E-state index contributed by atoms with van der Waals surface area (Å²) in [6.07, 6.45) is 4.10. The summed E-state index contributed by atoms with van der Waals surface area (Å²) in [7, 11) is 0. The Labute approximate surface area is 115 Å². The van der Waals surface area contributed by atoms with Crippen molar-refractivity contribution in [1.82, 2.24) is 5.32 Å². The number of amides is 1. The zero-order valence-corrected chi connectivity index (χ0v) is 12.6. The van der Waals surface area contributed by atoms with Crippen LogP contribution in [0.5, 0.6) is 0 Å². The zero-order valence-electron chi connectivity index (χ0n) is 11.8. The van der Waals surface area contributed by atoms with Crippen LogP contribution in [0.25, 0.3) is 0 Å². The molecular formula is C14H27NO2S. The van der Waals surface area contributed by atoms with Gasteiger partial charge in [0.1, 0.15) is 0 Å². The molecule has 1 aliphatic carbocycles. The number of aliphatic hydroxyl groups is 1. The predicted molar refractivity (Wildman–Crippen MR) is 77.7 cm³/mol. The fraction of sp³-hybridized carbons (Fsp3) is 0.929. The largest absolute Gasteiger partial charge is 0.396 e. The first-order valence-corrected chi connectivity index (χ1v) is 8.16. The summed E-state index contributed by atoms with van der Waals surface area (Å²) in [4.78, 5) is 12.2. The van der Waals surface area contributed by atoms with Gasteiger partial charge in [-0.15, -0.1) is 11.8 Å². The van der Waals surface area contributed by atoms with Gasteiger partial charge in [-0.3, -0.25) is 4.79 Å². The van der Waals surface area contributed by atoms with E-state index in [1.165, 1.54) is 0 Å². The number of aliphatic hydroxyl groups excluding tert-OH is 1. The summed E-state index contributed by atoms with van der Waals surface area (Å²) in [6, 6.07) is 0.319. The van der Waals surface area contributed by atoms with Crippen molar-refractivity contribution in [3.63, 3.8) is 0 Å². The van der Waals surface area contributed by atoms with E-state index < -0.39 is 0 Å². The number of carbonyl (C=O) groups excluding carboxylic acids is 1. The summed E-state index contributed by atoms with van der Waals surface area (Å²) in [5.41, 5.74) is 0. The Kier molecular flexibility index (Phi) is 7.08. The van der Waals surface area contributed by atoms with Crippen molar-refractivity contribution >= 4 is 17.7 Å². The second-order valence-corrected chi connectivity index (χ2v) is 6.95. The van der Waals surface area contributed by atoms with E-state index in [0.717, 1.165) is 31.4 Å². The van der Waals surface area contributed by atoms with Crippen LogP contribution < -0.4 is 5.32 Å². The van der Waals surface area contributed by atoms with E-state index in [-0.39, 0.29) is 11.2 Å². The lowest BCUT2D eigenvalue weighted by Gasteiger charge is -2.30. The first kappa shape index (κ1) is 15.8. The summed E-state index contributed by atoms with van der Waals surface area (Å²) in [5.74, 6) is 2.00. The number of nitrogens with one attached hydrogen (secondary N) is 1. The molecule has 0 aliphatic heterocycles. The van der Waals surface area contributed by atoms with Gasteiger partial charge in [-0.05, 0) is 43.3 Å². The normalized spacial score (nSPS) is 26.1. The number of thioether (sulfide) groups is 1. The summed E-state index contributed by atoms with van der Waals surface area (Å²) < 4.78 is 0. The third-order valence-electron chi connectivity index (χ3n) is 3.66. The van der Waals surface area contributed by atoms with Gasteiger partial charge in [0.05, 0.1) is 5.25 Å². The maximum absolute atomic E-state index is 12.2. The van der Waals surface area contributed by atoms with Crippen LogP contribution in [0.2, 0.25) is 0 Å². The number of rotatable bonds is 6. The van der Waals surface area contributed by atoms with Crippen molar-refractivity contribution in [2.75, 3.05) is 12.4 Å². The van der Waals surface area contributed by atoms with Crippen molar-refractivity contribution < 1.29 is 9.90 Å². The molecule has 1 atom stereocenters. The van der Waals surface area contributed by atoms with E-state index >= 15 is 0 Å². The molecule has 1 amide bonds. The van der Waals surface area contributed by atoms with E-state index in [4.69, 9.17) is 5.11 Å². The molecule has 1 rings (SSSR count). The molecule has 4 heteroatoms. The Morgan fingerprint density at radius 1 is 1.33 bits per heavy atom. The van der Waals surface area contributed by atoms with Crippen molar-refractivity contribution in [2.24, 2.45) is 11.8 Å². The SMILES string of the molecule is CCSC(C(=O)NC1CCC(CO)CC1)C(C)C. The van der Waals surface area contributed by atoms with Crippen molar-refractivity contribution in [3.8, 4) is 0 Å². The van der Waals surface area contributed by atoms with Crippen LogP contribution in [-0.2, 0) is 4.79 Å². The second kappa shape index (κ2) is 8.05. The first-order chi connectivity index (χ1) is 8.58. The Bertz CT molecular complexity index is 250. The van der Waals surface area contributed by atoms with Gasteiger partial charge in [-0.2, -0.15) is 0 Å². The van der Waals surface area contributed by atoms with Crippen LogP contribution in [0, 0.1) is 11.8 Å². The lowest BCUT2D eigenvalue weighted by atomic mass is 9.86. The quantitative estimate of drug-likeness (QED) is 0.781. The molecule has 0 bridgehead atoms. The molecule has 106 valence electrons. The lowest BCUT2D eigenvalue weighted by Crippen LogP contribution is -2.43. The Balaban J connectivity index is 2.39. The number of carbonyl (C=O) groups is 1. The van der Waals surface area contributed by atoms with Crippen molar-refractivity contribution in [2.45, 2.75) is 57.7 Å². The molecule has 1 saturated carbocycles. The smallest absolute Gasteiger partial charge is 0.233 e. The molecule has 2 N–H and O–H groups in total. The molecule has 0 aromatic heterocycles. The van der Waals surface area contributed by atoms with Crippen molar-refractivity contribution in [3.05, 3.63) is 0 Å². The highest BCUT2D eigenvalue weighted by atomic mass is 32.2. The third kappa shape index (κ3) is 4.81. The van der Waals surface area contributed by atoms with Crippen LogP contribution in [0.1, 0.15) is 46.5 Å². The maximum atomic E-state index is 12.2. The molecule has 0 aromatic carbocycles. The molecule has 1 aliphatic rings. The van der Waals surface area contributed by atoms with E-state index in [1.807, 2.05) is 0 Å². The van der Waals surface area contributed by atoms with Crippen LogP contribution in [-0.4, -0.2) is 34.7 Å². The van der Waals surface area contributed by atoms with Gasteiger partial charge in [0, 0.05) is 12.6 Å². The average molecular weight is 273 g/mol. The van der Waals surface area contributed by atoms with Crippen LogP contribution >= 0.6 is 11.8 Å². The second-order valence-electron chi connectivity index (χ2n) is 5.53. The fourth-order valence-corrected chi connectivity index (χ4v) is 3.49. The Morgan fingerprint density at radius 2 is 1.94 bits per heavy atom. The minimum Gasteiger partial charge on any atom is -0.396 e. The van der Waals surface area contributed by atoms with Gasteiger partial charge < -0.3 is 10.4 Å². The van der Waals surface area contributed by atoms with Crippen molar-refractivity contribution in [1.29, 1.82) is 0 Å². The van der Waals surface area contributed by atoms with Gasteiger partial charge in [-0.1, -0.05) is 20.8 Å². The van der Waals surface area contributed by atoms with Gasteiger partial charge in [0.25, 0.3) is 0 Å². The monoisotopic (exact) mass is 273 g/mol. The lowest BCUT2D eigenvalue weighted by molar-refractivity contribution is -0.122. The minimum absolute atomic E-state index is 0.0746. The molecule has 3 nitrogen and oxygen atoms in total. The standard InChI is InChI=1S/C14H27NO2S/c1-4-18-13(10(2)3)14(17)15-12-7-5-11(9-16)6-8-12/h10-13,16H,4-9H2,1-3H3,(H,15,17). The van der Waals surface area contributed by atoms with E-state index in [2.05, 4.69) is 26.1 Å². The van der Waals surface area contributed by atoms with E-state index in [0.29, 0.717) is 24.5 Å². The summed E-state index contributed by atoms with van der Waals surface area (Å²) in [5, 5.41) is 12.4. The molecule has 0 saturated heterocycles. The molecular weight excluding hydrogens is 246 g/mol. The van der Waals surface area contributed by atoms with Crippen LogP contribution in [0.4, 0.5) is 0 Å². The first-order valence-electron chi connectivity index (χ1n) is 7.11. The van der Waals surface area contributed by atoms with E-state index in [1.54, 1.807) is 11.8 Å². The van der Waals surface area contributed by atoms with Gasteiger partial charge in [0.15, 0.2) is 0 Å². The Morgan fingerprint density at radius 3 is 2.39 bits per heavy atom. The number of hydrogen-bond donors (Lipinski definition) is 2. The highest BCUT2D eigenvalue weighted by Crippen LogP contribution is 2.25. The highest BCUT2D eigenvalue weighted by Gasteiger charge is 2.26. The fourth-order valence-electron chi connectivity index (χ4n) is 2.52. The third-order valence-corrected chi connectivity index (χ3v) is 5.11. The zero-order chi connectivity index (χ0) is 13.5. The highest BCUT2D eigenvalue weighted by molar-refractivity contribution is 8.00. The molecule has 0 radical (unpaired) electrons. The van der Waals surface area contributed by atoms with Gasteiger partial charge in [-0.25, -0.2) is 0 Å². The van der Waals surface area contributed by atoms with Gasteiger partial charge >= 0.3 is 0 Å². The van der Waals surface area contributed by atoms with Crippen LogP contribution in [0.15, 0.2) is 0 Å². The maximum Gasteiger partial charge on any atom is 0.233 e. The van der Waals surface area contributed by atoms with Gasteiger partial charge in [0.2, 0.25) is 5.91 Å².